The van der Waals surface area contributed by atoms with Gasteiger partial charge in [-0.15, -0.1) is 11.3 Å². The molecule has 2 rings (SSSR count). The quantitative estimate of drug-likeness (QED) is 0.581. The fourth-order valence-electron chi connectivity index (χ4n) is 2.36. The first kappa shape index (κ1) is 16.1. The lowest BCUT2D eigenvalue weighted by Crippen LogP contribution is -2.46. The molecule has 0 aliphatic carbocycles. The minimum Gasteiger partial charge on any atom is -0.377 e. The van der Waals surface area contributed by atoms with Crippen LogP contribution in [0.5, 0.6) is 0 Å². The van der Waals surface area contributed by atoms with E-state index in [1.54, 1.807) is 11.3 Å². The summed E-state index contributed by atoms with van der Waals surface area (Å²) in [6, 6.07) is 10.3. The molecule has 1 aromatic heterocycles. The molecule has 3 N–H and O–H groups in total. The van der Waals surface area contributed by atoms with Crippen molar-refractivity contribution in [3.8, 4) is 11.3 Å². The Morgan fingerprint density at radius 2 is 2.05 bits per heavy atom. The Balaban J connectivity index is 2.07. The monoisotopic (exact) mass is 305 g/mol. The number of ether oxygens (including phenoxy) is 1. The molecule has 1 heterocycles. The van der Waals surface area contributed by atoms with Crippen LogP contribution in [0.4, 0.5) is 0 Å². The van der Waals surface area contributed by atoms with Gasteiger partial charge in [0.05, 0.1) is 22.8 Å². The van der Waals surface area contributed by atoms with Crippen molar-refractivity contribution in [1.82, 2.24) is 10.4 Å². The molecule has 0 aliphatic rings. The van der Waals surface area contributed by atoms with Gasteiger partial charge in [-0.1, -0.05) is 37.3 Å². The molecular weight excluding hydrogens is 282 g/mol. The van der Waals surface area contributed by atoms with Gasteiger partial charge in [0.15, 0.2) is 0 Å². The van der Waals surface area contributed by atoms with Gasteiger partial charge in [-0.3, -0.25) is 11.3 Å². The van der Waals surface area contributed by atoms with Gasteiger partial charge in [-0.05, 0) is 13.3 Å². The third kappa shape index (κ3) is 4.35. The minimum absolute atomic E-state index is 0.0877. The smallest absolute Gasteiger partial charge is 0.0949 e. The van der Waals surface area contributed by atoms with Crippen LogP contribution in [-0.4, -0.2) is 23.7 Å². The zero-order valence-electron chi connectivity index (χ0n) is 12.6. The SMILES string of the molecule is CCOC(CC)C(Cc1nc(-c2ccccc2)cs1)NN. The lowest BCUT2D eigenvalue weighted by Gasteiger charge is -2.24. The van der Waals surface area contributed by atoms with Crippen LogP contribution in [0.2, 0.25) is 0 Å². The summed E-state index contributed by atoms with van der Waals surface area (Å²) >= 11 is 1.67. The number of nitrogens with zero attached hydrogens (tertiary/aromatic N) is 1. The van der Waals surface area contributed by atoms with Crippen molar-refractivity contribution < 1.29 is 4.74 Å². The summed E-state index contributed by atoms with van der Waals surface area (Å²) in [5.41, 5.74) is 5.05. The normalized spacial score (nSPS) is 14.0. The Hall–Kier alpha value is -1.27. The molecule has 0 spiro atoms. The predicted molar refractivity (Wildman–Crippen MR) is 88.1 cm³/mol. The van der Waals surface area contributed by atoms with E-state index < -0.39 is 0 Å². The van der Waals surface area contributed by atoms with Gasteiger partial charge < -0.3 is 4.74 Å². The second kappa shape index (κ2) is 8.24. The summed E-state index contributed by atoms with van der Waals surface area (Å²) in [5, 5.41) is 3.18. The Kier molecular flexibility index (Phi) is 6.32. The van der Waals surface area contributed by atoms with Crippen molar-refractivity contribution in [3.05, 3.63) is 40.7 Å². The fraction of sp³-hybridized carbons (Fsp3) is 0.438. The van der Waals surface area contributed by atoms with Crippen LogP contribution in [0.25, 0.3) is 11.3 Å². The summed E-state index contributed by atoms with van der Waals surface area (Å²) in [5.74, 6) is 5.69. The van der Waals surface area contributed by atoms with E-state index in [-0.39, 0.29) is 12.1 Å². The van der Waals surface area contributed by atoms with Crippen LogP contribution in [-0.2, 0) is 11.2 Å². The van der Waals surface area contributed by atoms with E-state index in [0.717, 1.165) is 29.1 Å². The number of hydrogen-bond donors (Lipinski definition) is 2. The number of aromatic nitrogens is 1. The van der Waals surface area contributed by atoms with E-state index in [2.05, 4.69) is 29.9 Å². The van der Waals surface area contributed by atoms with Crippen molar-refractivity contribution in [3.63, 3.8) is 0 Å². The maximum atomic E-state index is 5.74. The fourth-order valence-corrected chi connectivity index (χ4v) is 3.23. The number of nitrogens with one attached hydrogen (secondary N) is 1. The van der Waals surface area contributed by atoms with Gasteiger partial charge in [-0.25, -0.2) is 4.98 Å². The summed E-state index contributed by atoms with van der Waals surface area (Å²) < 4.78 is 5.74. The molecule has 0 amide bonds. The van der Waals surface area contributed by atoms with Crippen LogP contribution < -0.4 is 11.3 Å². The van der Waals surface area contributed by atoms with E-state index in [4.69, 9.17) is 15.6 Å². The number of nitrogens with two attached hydrogens (primary N) is 1. The average Bonchev–Trinajstić information content (AvgIpc) is 3.00. The molecule has 0 fully saturated rings. The Labute approximate surface area is 130 Å². The molecule has 0 bridgehead atoms. The third-order valence-corrected chi connectivity index (χ3v) is 4.33. The number of rotatable bonds is 8. The zero-order valence-corrected chi connectivity index (χ0v) is 13.4. The van der Waals surface area contributed by atoms with Crippen molar-refractivity contribution in [2.75, 3.05) is 6.61 Å². The first-order valence-electron chi connectivity index (χ1n) is 7.36. The molecule has 2 atom stereocenters. The molecular formula is C16H23N3OS. The molecule has 0 saturated heterocycles. The van der Waals surface area contributed by atoms with Crippen LogP contribution in [0, 0.1) is 0 Å². The topological polar surface area (TPSA) is 60.2 Å². The second-order valence-electron chi connectivity index (χ2n) is 4.87. The largest absolute Gasteiger partial charge is 0.377 e. The second-order valence-corrected chi connectivity index (χ2v) is 5.81. The highest BCUT2D eigenvalue weighted by Gasteiger charge is 2.21. The van der Waals surface area contributed by atoms with E-state index >= 15 is 0 Å². The molecule has 0 aliphatic heterocycles. The summed E-state index contributed by atoms with van der Waals surface area (Å²) in [6.45, 7) is 4.82. The molecule has 114 valence electrons. The first-order chi connectivity index (χ1) is 10.3. The Morgan fingerprint density at radius 3 is 2.67 bits per heavy atom. The van der Waals surface area contributed by atoms with E-state index in [1.165, 1.54) is 0 Å². The minimum atomic E-state index is 0.0877. The average molecular weight is 305 g/mol. The van der Waals surface area contributed by atoms with Crippen LogP contribution in [0.15, 0.2) is 35.7 Å². The van der Waals surface area contributed by atoms with Gasteiger partial charge >= 0.3 is 0 Å². The van der Waals surface area contributed by atoms with Crippen LogP contribution >= 0.6 is 11.3 Å². The zero-order chi connectivity index (χ0) is 15.1. The summed E-state index contributed by atoms with van der Waals surface area (Å²) in [7, 11) is 0. The van der Waals surface area contributed by atoms with Crippen LogP contribution in [0.1, 0.15) is 25.3 Å². The highest BCUT2D eigenvalue weighted by atomic mass is 32.1. The van der Waals surface area contributed by atoms with E-state index in [1.807, 2.05) is 25.1 Å². The van der Waals surface area contributed by atoms with Crippen molar-refractivity contribution in [2.24, 2.45) is 5.84 Å². The molecule has 1 aromatic carbocycles. The third-order valence-electron chi connectivity index (χ3n) is 3.46. The molecule has 21 heavy (non-hydrogen) atoms. The summed E-state index contributed by atoms with van der Waals surface area (Å²) in [6.07, 6.45) is 1.83. The van der Waals surface area contributed by atoms with Gasteiger partial charge in [0.1, 0.15) is 0 Å². The van der Waals surface area contributed by atoms with Crippen molar-refractivity contribution >= 4 is 11.3 Å². The van der Waals surface area contributed by atoms with Crippen molar-refractivity contribution in [2.45, 2.75) is 38.8 Å². The lowest BCUT2D eigenvalue weighted by atomic mass is 10.1. The number of hydrogen-bond acceptors (Lipinski definition) is 5. The highest BCUT2D eigenvalue weighted by Crippen LogP contribution is 2.23. The van der Waals surface area contributed by atoms with Crippen molar-refractivity contribution in [1.29, 1.82) is 0 Å². The van der Waals surface area contributed by atoms with Crippen LogP contribution in [0.3, 0.4) is 0 Å². The number of benzene rings is 1. The molecule has 0 saturated carbocycles. The summed E-state index contributed by atoms with van der Waals surface area (Å²) in [4.78, 5) is 4.71. The van der Waals surface area contributed by atoms with Gasteiger partial charge in [-0.2, -0.15) is 0 Å². The van der Waals surface area contributed by atoms with Gasteiger partial charge in [0.25, 0.3) is 0 Å². The van der Waals surface area contributed by atoms with E-state index in [0.29, 0.717) is 6.61 Å². The number of thiazole rings is 1. The molecule has 0 radical (unpaired) electrons. The van der Waals surface area contributed by atoms with Gasteiger partial charge in [0.2, 0.25) is 0 Å². The first-order valence-corrected chi connectivity index (χ1v) is 8.24. The van der Waals surface area contributed by atoms with Gasteiger partial charge in [0, 0.05) is 24.0 Å². The predicted octanol–water partition coefficient (Wildman–Crippen LogP) is 3.00. The Bertz CT molecular complexity index is 529. The molecule has 2 aromatic rings. The molecule has 4 nitrogen and oxygen atoms in total. The lowest BCUT2D eigenvalue weighted by molar-refractivity contribution is 0.0319. The maximum absolute atomic E-state index is 5.74. The Morgan fingerprint density at radius 1 is 1.29 bits per heavy atom. The highest BCUT2D eigenvalue weighted by molar-refractivity contribution is 7.09. The standard InChI is InChI=1S/C16H23N3OS/c1-3-15(20-4-2)13(19-17)10-16-18-14(11-21-16)12-8-6-5-7-9-12/h5-9,11,13,15,19H,3-4,10,17H2,1-2H3. The number of hydrazine groups is 1. The molecule has 2 unspecified atom stereocenters. The van der Waals surface area contributed by atoms with E-state index in [9.17, 15) is 0 Å². The molecule has 5 heteroatoms. The maximum Gasteiger partial charge on any atom is 0.0949 e.